The van der Waals surface area contributed by atoms with Crippen molar-refractivity contribution in [3.63, 3.8) is 0 Å². The number of nitriles is 1. The number of ether oxygens (including phenoxy) is 2. The van der Waals surface area contributed by atoms with E-state index >= 15 is 0 Å². The van der Waals surface area contributed by atoms with Crippen LogP contribution in [-0.4, -0.2) is 18.7 Å². The molecule has 0 saturated carbocycles. The first-order valence-corrected chi connectivity index (χ1v) is 8.73. The van der Waals surface area contributed by atoms with Gasteiger partial charge >= 0.3 is 0 Å². The van der Waals surface area contributed by atoms with Crippen molar-refractivity contribution in [2.75, 3.05) is 24.8 Å². The number of aromatic nitrogens is 1. The van der Waals surface area contributed by atoms with Gasteiger partial charge in [-0.05, 0) is 38.1 Å². The first-order valence-electron chi connectivity index (χ1n) is 8.35. The summed E-state index contributed by atoms with van der Waals surface area (Å²) in [4.78, 5) is 4.53. The van der Waals surface area contributed by atoms with E-state index in [0.29, 0.717) is 51.3 Å². The Balaban J connectivity index is 2.19. The summed E-state index contributed by atoms with van der Waals surface area (Å²) in [6.45, 7) is 4.18. The van der Waals surface area contributed by atoms with E-state index in [4.69, 9.17) is 26.8 Å². The van der Waals surface area contributed by atoms with Crippen molar-refractivity contribution in [3.8, 4) is 17.6 Å². The van der Waals surface area contributed by atoms with E-state index < -0.39 is 0 Å². The number of methoxy groups -OCH3 is 1. The summed E-state index contributed by atoms with van der Waals surface area (Å²) in [5, 5.41) is 14.1. The summed E-state index contributed by atoms with van der Waals surface area (Å²) in [6.07, 6.45) is 0. The van der Waals surface area contributed by atoms with Crippen LogP contribution < -0.4 is 20.5 Å². The van der Waals surface area contributed by atoms with Crippen molar-refractivity contribution >= 4 is 39.6 Å². The minimum atomic E-state index is 0.443. The molecule has 27 heavy (non-hydrogen) atoms. The number of halogens is 1. The Morgan fingerprint density at radius 3 is 2.67 bits per heavy atom. The fourth-order valence-corrected chi connectivity index (χ4v) is 3.12. The Kier molecular flexibility index (Phi) is 5.24. The Hall–Kier alpha value is -3.17. The third-order valence-corrected chi connectivity index (χ3v) is 4.43. The van der Waals surface area contributed by atoms with Crippen LogP contribution in [0.2, 0.25) is 5.02 Å². The smallest absolute Gasteiger partial charge is 0.144 e. The van der Waals surface area contributed by atoms with Crippen LogP contribution in [0.1, 0.15) is 18.2 Å². The number of anilines is 3. The van der Waals surface area contributed by atoms with Crippen molar-refractivity contribution < 1.29 is 9.47 Å². The summed E-state index contributed by atoms with van der Waals surface area (Å²) < 4.78 is 10.7. The van der Waals surface area contributed by atoms with Gasteiger partial charge in [0.25, 0.3) is 0 Å². The number of nitrogen functional groups attached to an aromatic ring is 1. The van der Waals surface area contributed by atoms with Gasteiger partial charge in [0.15, 0.2) is 0 Å². The molecule has 7 heteroatoms. The highest BCUT2D eigenvalue weighted by Crippen LogP contribution is 2.37. The van der Waals surface area contributed by atoms with E-state index in [1.165, 1.54) is 0 Å². The molecule has 3 aromatic rings. The molecule has 0 atom stereocenters. The van der Waals surface area contributed by atoms with Crippen LogP contribution in [0.5, 0.6) is 11.5 Å². The lowest BCUT2D eigenvalue weighted by Gasteiger charge is -2.16. The topological polar surface area (TPSA) is 93.2 Å². The molecular weight excluding hydrogens is 364 g/mol. The molecule has 0 aliphatic heterocycles. The Bertz CT molecular complexity index is 1060. The molecule has 0 bridgehead atoms. The SMILES string of the molecule is CCOc1cc2nc(C)c(C#N)c(Nc3ccc(OC)c(Cl)c3)c2cc1N. The summed E-state index contributed by atoms with van der Waals surface area (Å²) in [5.41, 5.74) is 9.69. The molecule has 138 valence electrons. The Labute approximate surface area is 162 Å². The standard InChI is InChI=1S/C20H19ClN4O2/c1-4-27-19-9-17-13(8-16(19)23)20(14(10-22)11(2)24-17)25-12-5-6-18(26-3)15(21)7-12/h5-9H,4,23H2,1-3H3,(H,24,25). The number of nitrogens with two attached hydrogens (primary N) is 1. The van der Waals surface area contributed by atoms with Gasteiger partial charge in [0.1, 0.15) is 17.6 Å². The lowest BCUT2D eigenvalue weighted by atomic mass is 10.1. The molecule has 2 aromatic carbocycles. The molecule has 0 spiro atoms. The number of hydrogen-bond acceptors (Lipinski definition) is 6. The fourth-order valence-electron chi connectivity index (χ4n) is 2.87. The van der Waals surface area contributed by atoms with Crippen LogP contribution in [0.3, 0.4) is 0 Å². The predicted molar refractivity (Wildman–Crippen MR) is 108 cm³/mol. The molecule has 0 aliphatic carbocycles. The van der Waals surface area contributed by atoms with Gasteiger partial charge in [-0.2, -0.15) is 5.26 Å². The van der Waals surface area contributed by atoms with Crippen LogP contribution in [0.15, 0.2) is 30.3 Å². The van der Waals surface area contributed by atoms with Gasteiger partial charge in [-0.1, -0.05) is 11.6 Å². The second-order valence-corrected chi connectivity index (χ2v) is 6.28. The number of aryl methyl sites for hydroxylation is 1. The lowest BCUT2D eigenvalue weighted by molar-refractivity contribution is 0.342. The average Bonchev–Trinajstić information content (AvgIpc) is 2.64. The van der Waals surface area contributed by atoms with Crippen molar-refractivity contribution in [2.45, 2.75) is 13.8 Å². The Morgan fingerprint density at radius 1 is 1.26 bits per heavy atom. The van der Waals surface area contributed by atoms with Gasteiger partial charge in [0.05, 0.1) is 46.9 Å². The molecule has 3 N–H and O–H groups in total. The van der Waals surface area contributed by atoms with Crippen LogP contribution in [0.4, 0.5) is 17.1 Å². The molecule has 0 unspecified atom stereocenters. The summed E-state index contributed by atoms with van der Waals surface area (Å²) >= 11 is 6.22. The normalized spacial score (nSPS) is 10.5. The van der Waals surface area contributed by atoms with Gasteiger partial charge in [-0.25, -0.2) is 0 Å². The van der Waals surface area contributed by atoms with E-state index in [9.17, 15) is 5.26 Å². The predicted octanol–water partition coefficient (Wildman–Crippen LogP) is 4.80. The first-order chi connectivity index (χ1) is 13.0. The molecule has 0 radical (unpaired) electrons. The third-order valence-electron chi connectivity index (χ3n) is 4.13. The van der Waals surface area contributed by atoms with Crippen molar-refractivity contribution in [1.82, 2.24) is 4.98 Å². The maximum Gasteiger partial charge on any atom is 0.144 e. The lowest BCUT2D eigenvalue weighted by Crippen LogP contribution is -2.02. The quantitative estimate of drug-likeness (QED) is 0.615. The van der Waals surface area contributed by atoms with Crippen LogP contribution in [-0.2, 0) is 0 Å². The minimum Gasteiger partial charge on any atom is -0.495 e. The van der Waals surface area contributed by atoms with Crippen LogP contribution >= 0.6 is 11.6 Å². The number of nitrogens with one attached hydrogen (secondary N) is 1. The molecule has 0 aliphatic rings. The molecule has 0 fully saturated rings. The number of hydrogen-bond donors (Lipinski definition) is 2. The van der Waals surface area contributed by atoms with E-state index in [1.807, 2.05) is 13.0 Å². The summed E-state index contributed by atoms with van der Waals surface area (Å²) in [7, 11) is 1.56. The van der Waals surface area contributed by atoms with E-state index in [0.717, 1.165) is 11.1 Å². The van der Waals surface area contributed by atoms with Gasteiger partial charge in [-0.3, -0.25) is 4.98 Å². The second-order valence-electron chi connectivity index (χ2n) is 5.87. The number of fused-ring (bicyclic) bond motifs is 1. The van der Waals surface area contributed by atoms with Crippen LogP contribution in [0, 0.1) is 18.3 Å². The number of rotatable bonds is 5. The van der Waals surface area contributed by atoms with E-state index in [-0.39, 0.29) is 0 Å². The van der Waals surface area contributed by atoms with Crippen molar-refractivity contribution in [1.29, 1.82) is 5.26 Å². The van der Waals surface area contributed by atoms with Gasteiger partial charge < -0.3 is 20.5 Å². The van der Waals surface area contributed by atoms with Crippen molar-refractivity contribution in [2.24, 2.45) is 0 Å². The van der Waals surface area contributed by atoms with Crippen molar-refractivity contribution in [3.05, 3.63) is 46.6 Å². The monoisotopic (exact) mass is 382 g/mol. The number of nitrogens with zero attached hydrogens (tertiary/aromatic N) is 2. The zero-order chi connectivity index (χ0) is 19.6. The highest BCUT2D eigenvalue weighted by molar-refractivity contribution is 6.32. The first kappa shape index (κ1) is 18.6. The highest BCUT2D eigenvalue weighted by Gasteiger charge is 2.16. The minimum absolute atomic E-state index is 0.443. The fraction of sp³-hybridized carbons (Fsp3) is 0.200. The molecule has 6 nitrogen and oxygen atoms in total. The van der Waals surface area contributed by atoms with E-state index in [2.05, 4.69) is 16.4 Å². The molecule has 1 heterocycles. The third kappa shape index (κ3) is 3.55. The molecule has 0 amide bonds. The second kappa shape index (κ2) is 7.60. The van der Waals surface area contributed by atoms with Crippen LogP contribution in [0.25, 0.3) is 10.9 Å². The molecule has 1 aromatic heterocycles. The number of pyridine rings is 1. The summed E-state index contributed by atoms with van der Waals surface area (Å²) in [5.74, 6) is 1.14. The zero-order valence-electron chi connectivity index (χ0n) is 15.3. The zero-order valence-corrected chi connectivity index (χ0v) is 16.0. The van der Waals surface area contributed by atoms with Gasteiger partial charge in [-0.15, -0.1) is 0 Å². The van der Waals surface area contributed by atoms with Gasteiger partial charge in [0, 0.05) is 17.1 Å². The number of benzene rings is 2. The average molecular weight is 383 g/mol. The largest absolute Gasteiger partial charge is 0.495 e. The molecule has 3 rings (SSSR count). The molecular formula is C20H19ClN4O2. The maximum absolute atomic E-state index is 9.65. The maximum atomic E-state index is 9.65. The Morgan fingerprint density at radius 2 is 2.04 bits per heavy atom. The molecule has 0 saturated heterocycles. The van der Waals surface area contributed by atoms with Gasteiger partial charge in [0.2, 0.25) is 0 Å². The summed E-state index contributed by atoms with van der Waals surface area (Å²) in [6, 6.07) is 11.1. The van der Waals surface area contributed by atoms with E-state index in [1.54, 1.807) is 38.3 Å². The highest BCUT2D eigenvalue weighted by atomic mass is 35.5.